The number of nitrogens with zero attached hydrogens (tertiary/aromatic N) is 2. The molecule has 2 heterocycles. The highest BCUT2D eigenvalue weighted by molar-refractivity contribution is 6.20. The molecule has 0 radical (unpaired) electrons. The summed E-state index contributed by atoms with van der Waals surface area (Å²) in [6.07, 6.45) is 0. The van der Waals surface area contributed by atoms with Crippen molar-refractivity contribution in [2.45, 2.75) is 0 Å². The Morgan fingerprint density at radius 2 is 0.800 bits per heavy atom. The minimum atomic E-state index is 0.900. The standard InChI is InChI=1S/C36H28N2O2/c1-37(2)31-19-29-27-17-21(13-15-33(27)39-35(29)25-11-7-5-9-23(25)31)22-14-16-34-28(18-22)30-20-32(38(3)4)24-10-6-8-12-26(24)36(30)40-34/h5-20H,1-4H3. The highest BCUT2D eigenvalue weighted by Crippen LogP contribution is 2.42. The molecule has 0 unspecified atom stereocenters. The molecule has 0 fully saturated rings. The van der Waals surface area contributed by atoms with E-state index in [1.165, 1.54) is 22.1 Å². The zero-order valence-electron chi connectivity index (χ0n) is 22.9. The maximum Gasteiger partial charge on any atom is 0.143 e. The number of rotatable bonds is 3. The molecular weight excluding hydrogens is 492 g/mol. The van der Waals surface area contributed by atoms with Gasteiger partial charge in [-0.2, -0.15) is 0 Å². The zero-order valence-corrected chi connectivity index (χ0v) is 22.9. The summed E-state index contributed by atoms with van der Waals surface area (Å²) in [4.78, 5) is 4.35. The van der Waals surface area contributed by atoms with Gasteiger partial charge in [-0.05, 0) is 47.5 Å². The lowest BCUT2D eigenvalue weighted by molar-refractivity contribution is 0.672. The Balaban J connectivity index is 1.37. The third-order valence-corrected chi connectivity index (χ3v) is 8.21. The molecule has 194 valence electrons. The van der Waals surface area contributed by atoms with Crippen molar-refractivity contribution in [2.75, 3.05) is 38.0 Å². The predicted molar refractivity (Wildman–Crippen MR) is 170 cm³/mol. The molecule has 0 atom stereocenters. The SMILES string of the molecule is CN(C)c1cc2c3cc(-c4ccc5oc6c7ccccc7c(N(C)C)cc6c5c4)ccc3oc2c2ccccc12. The van der Waals surface area contributed by atoms with Gasteiger partial charge in [-0.3, -0.25) is 0 Å². The van der Waals surface area contributed by atoms with Crippen molar-refractivity contribution in [3.8, 4) is 11.1 Å². The molecule has 8 aromatic rings. The lowest BCUT2D eigenvalue weighted by atomic mass is 9.98. The van der Waals surface area contributed by atoms with E-state index in [0.29, 0.717) is 0 Å². The monoisotopic (exact) mass is 520 g/mol. The van der Waals surface area contributed by atoms with Crippen LogP contribution in [0.3, 0.4) is 0 Å². The lowest BCUT2D eigenvalue weighted by Crippen LogP contribution is -2.08. The minimum absolute atomic E-state index is 0.900. The molecule has 40 heavy (non-hydrogen) atoms. The first-order chi connectivity index (χ1) is 19.5. The molecule has 4 heteroatoms. The van der Waals surface area contributed by atoms with Crippen LogP contribution in [0.25, 0.3) is 76.5 Å². The highest BCUT2D eigenvalue weighted by Gasteiger charge is 2.17. The number of benzene rings is 6. The highest BCUT2D eigenvalue weighted by atomic mass is 16.3. The Hall–Kier alpha value is -4.96. The quantitative estimate of drug-likeness (QED) is 0.232. The van der Waals surface area contributed by atoms with Crippen molar-refractivity contribution >= 4 is 76.8 Å². The van der Waals surface area contributed by atoms with Crippen LogP contribution < -0.4 is 9.80 Å². The molecule has 0 saturated carbocycles. The number of anilines is 2. The van der Waals surface area contributed by atoms with Crippen molar-refractivity contribution in [2.24, 2.45) is 0 Å². The van der Waals surface area contributed by atoms with Gasteiger partial charge in [0.1, 0.15) is 22.3 Å². The summed E-state index contributed by atoms with van der Waals surface area (Å²) in [6, 6.07) is 34.5. The third kappa shape index (κ3) is 3.19. The molecule has 8 rings (SSSR count). The molecule has 0 bridgehead atoms. The van der Waals surface area contributed by atoms with Crippen LogP contribution in [0.4, 0.5) is 11.4 Å². The van der Waals surface area contributed by atoms with Crippen molar-refractivity contribution in [1.29, 1.82) is 0 Å². The first kappa shape index (κ1) is 23.0. The molecule has 0 saturated heterocycles. The minimum Gasteiger partial charge on any atom is -0.455 e. The zero-order chi connectivity index (χ0) is 27.1. The average molecular weight is 521 g/mol. The molecule has 0 aliphatic rings. The van der Waals surface area contributed by atoms with E-state index in [4.69, 9.17) is 8.83 Å². The molecule has 4 nitrogen and oxygen atoms in total. The van der Waals surface area contributed by atoms with Gasteiger partial charge in [-0.25, -0.2) is 0 Å². The fraction of sp³-hybridized carbons (Fsp3) is 0.111. The van der Waals surface area contributed by atoms with Gasteiger partial charge >= 0.3 is 0 Å². The summed E-state index contributed by atoms with van der Waals surface area (Å²) in [5.74, 6) is 0. The summed E-state index contributed by atoms with van der Waals surface area (Å²) in [7, 11) is 8.38. The van der Waals surface area contributed by atoms with Gasteiger partial charge in [0.2, 0.25) is 0 Å². The molecule has 0 spiro atoms. The molecule has 0 aliphatic carbocycles. The summed E-state index contributed by atoms with van der Waals surface area (Å²) < 4.78 is 12.9. The second kappa shape index (κ2) is 8.27. The second-order valence-corrected chi connectivity index (χ2v) is 11.1. The molecule has 0 aliphatic heterocycles. The third-order valence-electron chi connectivity index (χ3n) is 8.21. The maximum atomic E-state index is 6.45. The van der Waals surface area contributed by atoms with Crippen LogP contribution in [0.2, 0.25) is 0 Å². The van der Waals surface area contributed by atoms with E-state index in [-0.39, 0.29) is 0 Å². The second-order valence-electron chi connectivity index (χ2n) is 11.1. The fourth-order valence-corrected chi connectivity index (χ4v) is 6.26. The first-order valence-corrected chi connectivity index (χ1v) is 13.6. The number of hydrogen-bond donors (Lipinski definition) is 0. The van der Waals surface area contributed by atoms with Crippen molar-refractivity contribution < 1.29 is 8.83 Å². The Morgan fingerprint density at radius 3 is 1.20 bits per heavy atom. The normalized spacial score (nSPS) is 12.0. The van der Waals surface area contributed by atoms with Gasteiger partial charge in [-0.15, -0.1) is 0 Å². The Labute approximate surface area is 231 Å². The van der Waals surface area contributed by atoms with E-state index in [1.54, 1.807) is 0 Å². The van der Waals surface area contributed by atoms with Gasteiger partial charge < -0.3 is 18.6 Å². The van der Waals surface area contributed by atoms with Crippen LogP contribution in [-0.2, 0) is 0 Å². The molecule has 0 N–H and O–H groups in total. The Bertz CT molecular complexity index is 2120. The average Bonchev–Trinajstić information content (AvgIpc) is 3.54. The van der Waals surface area contributed by atoms with Gasteiger partial charge in [0.05, 0.1) is 0 Å². The van der Waals surface area contributed by atoms with Crippen LogP contribution in [0.5, 0.6) is 0 Å². The molecule has 0 amide bonds. The van der Waals surface area contributed by atoms with Gasteiger partial charge in [0.15, 0.2) is 0 Å². The number of hydrogen-bond acceptors (Lipinski definition) is 4. The van der Waals surface area contributed by atoms with E-state index >= 15 is 0 Å². The van der Waals surface area contributed by atoms with Gasteiger partial charge in [0.25, 0.3) is 0 Å². The van der Waals surface area contributed by atoms with Crippen LogP contribution in [0.1, 0.15) is 0 Å². The van der Waals surface area contributed by atoms with Crippen molar-refractivity contribution in [3.63, 3.8) is 0 Å². The van der Waals surface area contributed by atoms with Crippen LogP contribution in [-0.4, -0.2) is 28.2 Å². The fourth-order valence-electron chi connectivity index (χ4n) is 6.26. The molecular formula is C36H28N2O2. The van der Waals surface area contributed by atoms with E-state index in [2.05, 4.69) is 135 Å². The van der Waals surface area contributed by atoms with Crippen molar-refractivity contribution in [3.05, 3.63) is 97.1 Å². The van der Waals surface area contributed by atoms with Gasteiger partial charge in [-0.1, -0.05) is 60.7 Å². The largest absolute Gasteiger partial charge is 0.455 e. The van der Waals surface area contributed by atoms with Crippen LogP contribution >= 0.6 is 0 Å². The summed E-state index contributed by atoms with van der Waals surface area (Å²) in [5.41, 5.74) is 8.35. The molecule has 6 aromatic carbocycles. The predicted octanol–water partition coefficient (Wildman–Crippen LogP) is 9.59. The van der Waals surface area contributed by atoms with E-state index in [9.17, 15) is 0 Å². The van der Waals surface area contributed by atoms with E-state index in [1.807, 2.05) is 0 Å². The first-order valence-electron chi connectivity index (χ1n) is 13.6. The topological polar surface area (TPSA) is 32.8 Å². The Morgan fingerprint density at radius 1 is 0.400 bits per heavy atom. The smallest absolute Gasteiger partial charge is 0.143 e. The summed E-state index contributed by atoms with van der Waals surface area (Å²) in [5, 5.41) is 9.18. The number of fused-ring (bicyclic) bond motifs is 10. The van der Waals surface area contributed by atoms with E-state index in [0.717, 1.165) is 65.8 Å². The Kier molecular flexibility index (Phi) is 4.75. The lowest BCUT2D eigenvalue weighted by Gasteiger charge is -2.16. The van der Waals surface area contributed by atoms with E-state index < -0.39 is 0 Å². The van der Waals surface area contributed by atoms with Crippen molar-refractivity contribution in [1.82, 2.24) is 0 Å². The summed E-state index contributed by atoms with van der Waals surface area (Å²) >= 11 is 0. The molecule has 2 aromatic heterocycles. The van der Waals surface area contributed by atoms with Crippen LogP contribution in [0.15, 0.2) is 106 Å². The summed E-state index contributed by atoms with van der Waals surface area (Å²) in [6.45, 7) is 0. The maximum absolute atomic E-state index is 6.45. The van der Waals surface area contributed by atoms with Crippen LogP contribution in [0, 0.1) is 0 Å². The number of furan rings is 2. The van der Waals surface area contributed by atoms with Gasteiger partial charge in [0, 0.05) is 82.7 Å².